The number of nitrogens with zero attached hydrogens (tertiary/aromatic N) is 1. The van der Waals surface area contributed by atoms with Gasteiger partial charge in [0.05, 0.1) is 0 Å². The molecular formula is C15H24N2. The quantitative estimate of drug-likeness (QED) is 0.849. The summed E-state index contributed by atoms with van der Waals surface area (Å²) in [5.41, 5.74) is 7.91. The molecular weight excluding hydrogens is 208 g/mol. The maximum Gasteiger partial charge on any atom is 0.0299 e. The second-order valence-corrected chi connectivity index (χ2v) is 6.22. The van der Waals surface area contributed by atoms with Crippen molar-refractivity contribution in [1.82, 2.24) is 4.90 Å². The molecule has 1 saturated heterocycles. The molecule has 0 bridgehead atoms. The normalized spacial score (nSPS) is 26.4. The molecule has 1 aliphatic rings. The molecule has 0 aliphatic carbocycles. The Balaban J connectivity index is 2.11. The lowest BCUT2D eigenvalue weighted by Crippen LogP contribution is -2.47. The van der Waals surface area contributed by atoms with Crippen LogP contribution in [0.1, 0.15) is 32.8 Å². The lowest BCUT2D eigenvalue weighted by atomic mass is 9.83. The van der Waals surface area contributed by atoms with E-state index < -0.39 is 0 Å². The third kappa shape index (κ3) is 2.88. The predicted octanol–water partition coefficient (Wildman–Crippen LogP) is 2.63. The van der Waals surface area contributed by atoms with Crippen LogP contribution in [0.3, 0.4) is 0 Å². The molecule has 0 radical (unpaired) electrons. The highest BCUT2D eigenvalue weighted by molar-refractivity contribution is 5.15. The fourth-order valence-electron chi connectivity index (χ4n) is 3.07. The molecule has 1 aromatic carbocycles. The lowest BCUT2D eigenvalue weighted by molar-refractivity contribution is 0.124. The second kappa shape index (κ2) is 4.79. The zero-order chi connectivity index (χ0) is 12.5. The number of rotatable bonds is 2. The average molecular weight is 232 g/mol. The van der Waals surface area contributed by atoms with E-state index in [4.69, 9.17) is 5.73 Å². The Bertz CT molecular complexity index is 353. The Morgan fingerprint density at radius 1 is 1.24 bits per heavy atom. The fourth-order valence-corrected chi connectivity index (χ4v) is 3.07. The SMILES string of the molecule is CC(C)(C)[C@@H]1[C@@H](N)CCN1Cc1ccccc1. The monoisotopic (exact) mass is 232 g/mol. The van der Waals surface area contributed by atoms with Crippen molar-refractivity contribution in [1.29, 1.82) is 0 Å². The van der Waals surface area contributed by atoms with Gasteiger partial charge >= 0.3 is 0 Å². The van der Waals surface area contributed by atoms with Crippen LogP contribution in [-0.2, 0) is 6.54 Å². The minimum atomic E-state index is 0.255. The Hall–Kier alpha value is -0.860. The van der Waals surface area contributed by atoms with Gasteiger partial charge in [-0.1, -0.05) is 51.1 Å². The number of hydrogen-bond donors (Lipinski definition) is 1. The number of likely N-dealkylation sites (tertiary alicyclic amines) is 1. The summed E-state index contributed by atoms with van der Waals surface area (Å²) in [5.74, 6) is 0. The summed E-state index contributed by atoms with van der Waals surface area (Å²) in [6, 6.07) is 11.5. The van der Waals surface area contributed by atoms with Gasteiger partial charge in [-0.3, -0.25) is 4.90 Å². The smallest absolute Gasteiger partial charge is 0.0299 e. The standard InChI is InChI=1S/C15H24N2/c1-15(2,3)14-13(16)9-10-17(14)11-12-7-5-4-6-8-12/h4-8,13-14H,9-11,16H2,1-3H3/t13-,14-/m0/s1. The van der Waals surface area contributed by atoms with Crippen molar-refractivity contribution in [2.24, 2.45) is 11.1 Å². The first-order valence-corrected chi connectivity index (χ1v) is 6.52. The van der Waals surface area contributed by atoms with Crippen LogP contribution < -0.4 is 5.73 Å². The van der Waals surface area contributed by atoms with Gasteiger partial charge in [-0.25, -0.2) is 0 Å². The summed E-state index contributed by atoms with van der Waals surface area (Å²) in [4.78, 5) is 2.54. The highest BCUT2D eigenvalue weighted by Crippen LogP contribution is 2.32. The summed E-state index contributed by atoms with van der Waals surface area (Å²) in [6.45, 7) is 9.02. The lowest BCUT2D eigenvalue weighted by Gasteiger charge is -2.37. The fraction of sp³-hybridized carbons (Fsp3) is 0.600. The van der Waals surface area contributed by atoms with E-state index in [0.717, 1.165) is 19.5 Å². The summed E-state index contributed by atoms with van der Waals surface area (Å²) in [7, 11) is 0. The van der Waals surface area contributed by atoms with Gasteiger partial charge in [-0.15, -0.1) is 0 Å². The van der Waals surface area contributed by atoms with Crippen molar-refractivity contribution >= 4 is 0 Å². The summed E-state index contributed by atoms with van der Waals surface area (Å²) >= 11 is 0. The second-order valence-electron chi connectivity index (χ2n) is 6.22. The molecule has 1 aliphatic heterocycles. The summed E-state index contributed by atoms with van der Waals surface area (Å²) < 4.78 is 0. The predicted molar refractivity (Wildman–Crippen MR) is 72.7 cm³/mol. The first-order chi connectivity index (χ1) is 7.98. The van der Waals surface area contributed by atoms with E-state index in [2.05, 4.69) is 56.0 Å². The molecule has 1 fully saturated rings. The Morgan fingerprint density at radius 3 is 2.47 bits per heavy atom. The molecule has 1 heterocycles. The maximum atomic E-state index is 6.27. The Labute approximate surface area is 105 Å². The molecule has 0 saturated carbocycles. The van der Waals surface area contributed by atoms with Gasteiger partial charge in [0.1, 0.15) is 0 Å². The number of hydrogen-bond acceptors (Lipinski definition) is 2. The minimum Gasteiger partial charge on any atom is -0.326 e. The van der Waals surface area contributed by atoms with E-state index in [1.807, 2.05) is 0 Å². The highest BCUT2D eigenvalue weighted by Gasteiger charge is 2.39. The van der Waals surface area contributed by atoms with E-state index in [0.29, 0.717) is 12.1 Å². The molecule has 0 amide bonds. The van der Waals surface area contributed by atoms with Crippen LogP contribution in [0.25, 0.3) is 0 Å². The zero-order valence-electron chi connectivity index (χ0n) is 11.2. The molecule has 2 N–H and O–H groups in total. The van der Waals surface area contributed by atoms with Crippen LogP contribution in [0.15, 0.2) is 30.3 Å². The van der Waals surface area contributed by atoms with Crippen molar-refractivity contribution in [3.05, 3.63) is 35.9 Å². The summed E-state index contributed by atoms with van der Waals surface area (Å²) in [5, 5.41) is 0. The highest BCUT2D eigenvalue weighted by atomic mass is 15.2. The van der Waals surface area contributed by atoms with Gasteiger partial charge in [-0.2, -0.15) is 0 Å². The molecule has 94 valence electrons. The minimum absolute atomic E-state index is 0.255. The van der Waals surface area contributed by atoms with Gasteiger partial charge in [0, 0.05) is 25.2 Å². The third-order valence-electron chi connectivity index (χ3n) is 3.66. The van der Waals surface area contributed by atoms with Crippen LogP contribution in [0.4, 0.5) is 0 Å². The number of nitrogens with two attached hydrogens (primary N) is 1. The molecule has 0 unspecified atom stereocenters. The van der Waals surface area contributed by atoms with Gasteiger partial charge < -0.3 is 5.73 Å². The van der Waals surface area contributed by atoms with Crippen LogP contribution in [0.5, 0.6) is 0 Å². The van der Waals surface area contributed by atoms with Gasteiger partial charge in [0.25, 0.3) is 0 Å². The Morgan fingerprint density at radius 2 is 1.88 bits per heavy atom. The van der Waals surface area contributed by atoms with E-state index in [1.165, 1.54) is 5.56 Å². The molecule has 2 atom stereocenters. The van der Waals surface area contributed by atoms with E-state index in [-0.39, 0.29) is 5.41 Å². The molecule has 0 spiro atoms. The summed E-state index contributed by atoms with van der Waals surface area (Å²) in [6.07, 6.45) is 1.12. The first kappa shape index (κ1) is 12.6. The van der Waals surface area contributed by atoms with Crippen molar-refractivity contribution in [2.75, 3.05) is 6.54 Å². The first-order valence-electron chi connectivity index (χ1n) is 6.52. The zero-order valence-corrected chi connectivity index (χ0v) is 11.2. The molecule has 2 nitrogen and oxygen atoms in total. The largest absolute Gasteiger partial charge is 0.326 e. The van der Waals surface area contributed by atoms with Crippen molar-refractivity contribution < 1.29 is 0 Å². The van der Waals surface area contributed by atoms with Gasteiger partial charge in [0.15, 0.2) is 0 Å². The molecule has 1 aromatic rings. The number of benzene rings is 1. The maximum absolute atomic E-state index is 6.27. The molecule has 0 aromatic heterocycles. The van der Waals surface area contributed by atoms with E-state index in [9.17, 15) is 0 Å². The van der Waals surface area contributed by atoms with Crippen LogP contribution in [0.2, 0.25) is 0 Å². The Kier molecular flexibility index (Phi) is 3.55. The van der Waals surface area contributed by atoms with Crippen molar-refractivity contribution in [3.8, 4) is 0 Å². The van der Waals surface area contributed by atoms with Crippen LogP contribution in [-0.4, -0.2) is 23.5 Å². The van der Waals surface area contributed by atoms with E-state index >= 15 is 0 Å². The van der Waals surface area contributed by atoms with Crippen LogP contribution in [0, 0.1) is 5.41 Å². The molecule has 2 rings (SSSR count). The topological polar surface area (TPSA) is 29.3 Å². The molecule has 2 heteroatoms. The van der Waals surface area contributed by atoms with Crippen molar-refractivity contribution in [3.63, 3.8) is 0 Å². The van der Waals surface area contributed by atoms with Gasteiger partial charge in [0.2, 0.25) is 0 Å². The average Bonchev–Trinajstić information content (AvgIpc) is 2.60. The van der Waals surface area contributed by atoms with Crippen LogP contribution >= 0.6 is 0 Å². The molecule has 17 heavy (non-hydrogen) atoms. The van der Waals surface area contributed by atoms with Crippen molar-refractivity contribution in [2.45, 2.75) is 45.8 Å². The third-order valence-corrected chi connectivity index (χ3v) is 3.66. The van der Waals surface area contributed by atoms with E-state index in [1.54, 1.807) is 0 Å². The van der Waals surface area contributed by atoms with Gasteiger partial charge in [-0.05, 0) is 17.4 Å².